The van der Waals surface area contributed by atoms with Crippen LogP contribution >= 0.6 is 0 Å². The van der Waals surface area contributed by atoms with Crippen LogP contribution in [-0.4, -0.2) is 28.1 Å². The summed E-state index contributed by atoms with van der Waals surface area (Å²) in [7, 11) is -7.41. The van der Waals surface area contributed by atoms with Gasteiger partial charge in [-0.05, 0) is 43.2 Å². The highest BCUT2D eigenvalue weighted by Gasteiger charge is 2.20. The summed E-state index contributed by atoms with van der Waals surface area (Å²) in [6, 6.07) is 7.27. The van der Waals surface area contributed by atoms with E-state index in [1.807, 2.05) is 6.92 Å². The molecule has 1 aromatic heterocycles. The van der Waals surface area contributed by atoms with Gasteiger partial charge in [0, 0.05) is 12.5 Å². The first-order valence-corrected chi connectivity index (χ1v) is 9.73. The third-order valence-corrected chi connectivity index (χ3v) is 5.63. The Labute approximate surface area is 130 Å². The first-order valence-electron chi connectivity index (χ1n) is 6.36. The van der Waals surface area contributed by atoms with Gasteiger partial charge in [-0.2, -0.15) is 0 Å². The molecular weight excluding hydrogens is 324 g/mol. The number of pyridine rings is 1. The molecule has 0 aliphatic carbocycles. The van der Waals surface area contributed by atoms with Crippen molar-refractivity contribution in [3.8, 4) is 0 Å². The molecule has 1 aromatic carbocycles. The largest absolute Gasteiger partial charge is 0.263 e. The molecule has 0 bridgehead atoms. The summed E-state index contributed by atoms with van der Waals surface area (Å²) in [4.78, 5) is 3.85. The average molecular weight is 340 g/mol. The van der Waals surface area contributed by atoms with Crippen molar-refractivity contribution < 1.29 is 16.8 Å². The van der Waals surface area contributed by atoms with Crippen LogP contribution in [0.2, 0.25) is 0 Å². The summed E-state index contributed by atoms with van der Waals surface area (Å²) >= 11 is 0. The Morgan fingerprint density at radius 1 is 1.00 bits per heavy atom. The minimum Gasteiger partial charge on any atom is -0.263 e. The smallest absolute Gasteiger partial charge is 0.263 e. The topological polar surface area (TPSA) is 93.2 Å². The number of aromatic nitrogens is 1. The monoisotopic (exact) mass is 340 g/mol. The Kier molecular flexibility index (Phi) is 4.25. The third kappa shape index (κ3) is 3.63. The summed E-state index contributed by atoms with van der Waals surface area (Å²) in [5.74, 6) is 0.176. The van der Waals surface area contributed by atoms with Gasteiger partial charge in [0.2, 0.25) is 0 Å². The molecule has 1 heterocycles. The summed E-state index contributed by atoms with van der Waals surface area (Å²) in [5.41, 5.74) is 1.35. The van der Waals surface area contributed by atoms with Crippen LogP contribution in [0.25, 0.3) is 0 Å². The van der Waals surface area contributed by atoms with Crippen molar-refractivity contribution in [1.29, 1.82) is 0 Å². The first kappa shape index (κ1) is 16.4. The van der Waals surface area contributed by atoms with E-state index >= 15 is 0 Å². The fourth-order valence-corrected chi connectivity index (χ4v) is 3.82. The molecule has 0 aliphatic heterocycles. The Bertz CT molecular complexity index is 902. The Morgan fingerprint density at radius 3 is 2.23 bits per heavy atom. The highest BCUT2D eigenvalue weighted by atomic mass is 32.2. The predicted octanol–water partition coefficient (Wildman–Crippen LogP) is 1.90. The molecule has 0 fully saturated rings. The molecule has 22 heavy (non-hydrogen) atoms. The molecule has 0 amide bonds. The van der Waals surface area contributed by atoms with Crippen molar-refractivity contribution in [3.05, 3.63) is 47.7 Å². The molecule has 8 heteroatoms. The van der Waals surface area contributed by atoms with E-state index < -0.39 is 19.9 Å². The number of hydrogen-bond acceptors (Lipinski definition) is 5. The highest BCUT2D eigenvalue weighted by Crippen LogP contribution is 2.22. The Morgan fingerprint density at radius 2 is 1.68 bits per heavy atom. The molecule has 0 spiro atoms. The minimum atomic E-state index is -3.92. The average Bonchev–Trinajstić information content (AvgIpc) is 2.40. The van der Waals surface area contributed by atoms with Crippen LogP contribution in [0, 0.1) is 13.8 Å². The van der Waals surface area contributed by atoms with E-state index in [9.17, 15) is 16.8 Å². The number of nitrogens with zero attached hydrogens (tertiary/aromatic N) is 1. The molecule has 118 valence electrons. The lowest BCUT2D eigenvalue weighted by molar-refractivity contribution is 0.599. The molecule has 0 aliphatic rings. The van der Waals surface area contributed by atoms with Crippen LogP contribution in [0.1, 0.15) is 11.1 Å². The van der Waals surface area contributed by atoms with Gasteiger partial charge in [0.15, 0.2) is 9.84 Å². The van der Waals surface area contributed by atoms with Gasteiger partial charge in [-0.1, -0.05) is 12.1 Å². The van der Waals surface area contributed by atoms with Gasteiger partial charge in [0.1, 0.15) is 5.82 Å². The summed E-state index contributed by atoms with van der Waals surface area (Å²) in [6.07, 6.45) is 2.57. The van der Waals surface area contributed by atoms with E-state index in [-0.39, 0.29) is 15.6 Å². The van der Waals surface area contributed by atoms with Crippen LogP contribution in [0.15, 0.2) is 46.3 Å². The number of sulfonamides is 1. The molecule has 0 radical (unpaired) electrons. The van der Waals surface area contributed by atoms with Crippen LogP contribution in [0.4, 0.5) is 5.82 Å². The van der Waals surface area contributed by atoms with E-state index in [1.165, 1.54) is 18.3 Å². The summed E-state index contributed by atoms with van der Waals surface area (Å²) in [6.45, 7) is 3.44. The van der Waals surface area contributed by atoms with E-state index in [4.69, 9.17) is 0 Å². The number of aryl methyl sites for hydroxylation is 2. The fourth-order valence-electron chi connectivity index (χ4n) is 1.82. The van der Waals surface area contributed by atoms with E-state index in [0.717, 1.165) is 17.9 Å². The van der Waals surface area contributed by atoms with Crippen molar-refractivity contribution >= 4 is 25.7 Å². The third-order valence-electron chi connectivity index (χ3n) is 3.03. The molecule has 0 saturated carbocycles. The Balaban J connectivity index is 2.47. The van der Waals surface area contributed by atoms with Gasteiger partial charge in [0.05, 0.1) is 9.79 Å². The maximum atomic E-state index is 12.4. The van der Waals surface area contributed by atoms with Crippen LogP contribution in [-0.2, 0) is 19.9 Å². The number of hydrogen-bond donors (Lipinski definition) is 1. The zero-order valence-electron chi connectivity index (χ0n) is 12.4. The van der Waals surface area contributed by atoms with Crippen molar-refractivity contribution in [3.63, 3.8) is 0 Å². The second kappa shape index (κ2) is 5.69. The van der Waals surface area contributed by atoms with Gasteiger partial charge in [-0.15, -0.1) is 0 Å². The molecule has 0 atom stereocenters. The van der Waals surface area contributed by atoms with Gasteiger partial charge in [-0.3, -0.25) is 4.72 Å². The lowest BCUT2D eigenvalue weighted by atomic mass is 10.2. The van der Waals surface area contributed by atoms with Crippen LogP contribution in [0.5, 0.6) is 0 Å². The standard InChI is InChI=1S/C14H16N2O4S2/c1-10-4-7-14(15-9-10)16-22(19,20)13-8-12(21(3,17)18)6-5-11(13)2/h4-9H,1-3H3,(H,15,16). The van der Waals surface area contributed by atoms with Gasteiger partial charge in [-0.25, -0.2) is 21.8 Å². The first-order chi connectivity index (χ1) is 10.1. The lowest BCUT2D eigenvalue weighted by Gasteiger charge is -2.11. The predicted molar refractivity (Wildman–Crippen MR) is 84.1 cm³/mol. The van der Waals surface area contributed by atoms with Gasteiger partial charge in [0.25, 0.3) is 10.0 Å². The zero-order chi connectivity index (χ0) is 16.5. The van der Waals surface area contributed by atoms with Crippen molar-refractivity contribution in [2.24, 2.45) is 0 Å². The van der Waals surface area contributed by atoms with Gasteiger partial charge < -0.3 is 0 Å². The van der Waals surface area contributed by atoms with Crippen molar-refractivity contribution in [2.45, 2.75) is 23.6 Å². The number of rotatable bonds is 4. The number of nitrogens with one attached hydrogen (secondary N) is 1. The summed E-state index contributed by atoms with van der Waals surface area (Å²) in [5, 5.41) is 0. The van der Waals surface area contributed by atoms with Crippen molar-refractivity contribution in [2.75, 3.05) is 11.0 Å². The zero-order valence-corrected chi connectivity index (χ0v) is 14.0. The van der Waals surface area contributed by atoms with E-state index in [1.54, 1.807) is 19.1 Å². The quantitative estimate of drug-likeness (QED) is 0.917. The van der Waals surface area contributed by atoms with Crippen molar-refractivity contribution in [1.82, 2.24) is 4.98 Å². The van der Waals surface area contributed by atoms with Crippen LogP contribution < -0.4 is 4.72 Å². The summed E-state index contributed by atoms with van der Waals surface area (Å²) < 4.78 is 50.4. The number of anilines is 1. The highest BCUT2D eigenvalue weighted by molar-refractivity contribution is 7.93. The maximum Gasteiger partial charge on any atom is 0.263 e. The lowest BCUT2D eigenvalue weighted by Crippen LogP contribution is -2.16. The molecule has 0 saturated heterocycles. The fraction of sp³-hybridized carbons (Fsp3) is 0.214. The molecule has 2 aromatic rings. The maximum absolute atomic E-state index is 12.4. The number of sulfone groups is 1. The SMILES string of the molecule is Cc1ccc(NS(=O)(=O)c2cc(S(C)(=O)=O)ccc2C)nc1. The molecule has 6 nitrogen and oxygen atoms in total. The van der Waals surface area contributed by atoms with E-state index in [2.05, 4.69) is 9.71 Å². The number of benzene rings is 1. The van der Waals surface area contributed by atoms with Crippen LogP contribution in [0.3, 0.4) is 0 Å². The van der Waals surface area contributed by atoms with E-state index in [0.29, 0.717) is 5.56 Å². The molecular formula is C14H16N2O4S2. The second-order valence-corrected chi connectivity index (χ2v) is 8.69. The second-order valence-electron chi connectivity index (χ2n) is 5.03. The molecule has 0 unspecified atom stereocenters. The van der Waals surface area contributed by atoms with Gasteiger partial charge >= 0.3 is 0 Å². The minimum absolute atomic E-state index is 0.0460. The molecule has 1 N–H and O–H groups in total. The Hall–Kier alpha value is -1.93. The normalized spacial score (nSPS) is 12.1. The molecule has 2 rings (SSSR count).